The molecule has 9 nitrogen and oxygen atoms in total. The first-order valence-electron chi connectivity index (χ1n) is 11.3. The molecule has 0 amide bonds. The molecule has 2 aromatic rings. The summed E-state index contributed by atoms with van der Waals surface area (Å²) in [4.78, 5) is 33.1. The number of ketones is 3. The maximum absolute atomic E-state index is 13.1. The lowest BCUT2D eigenvalue weighted by Crippen LogP contribution is -2.35. The Morgan fingerprint density at radius 2 is 1.56 bits per heavy atom. The van der Waals surface area contributed by atoms with E-state index in [2.05, 4.69) is 14.8 Å². The number of hydrogen-bond acceptors (Lipinski definition) is 7. The van der Waals surface area contributed by atoms with Crippen LogP contribution in [0, 0.1) is 5.41 Å². The lowest BCUT2D eigenvalue weighted by Gasteiger charge is -2.40. The van der Waals surface area contributed by atoms with Crippen LogP contribution in [-0.2, 0) is 16.0 Å². The average Bonchev–Trinajstić information content (AvgIpc) is 2.85. The number of aromatic nitrogens is 2. The normalized spacial score (nSPS) is 13.3. The predicted octanol–water partition coefficient (Wildman–Crippen LogP) is 5.76. The van der Waals surface area contributed by atoms with Gasteiger partial charge in [-0.05, 0) is 37.6 Å². The Balaban J connectivity index is 0.00000112. The third-order valence-electron chi connectivity index (χ3n) is 4.63. The number of nitrogen functional groups attached to an aromatic ring is 1. The van der Waals surface area contributed by atoms with Crippen LogP contribution in [0.25, 0.3) is 0 Å². The molecule has 3 N–H and O–H groups in total. The van der Waals surface area contributed by atoms with Crippen LogP contribution in [0.4, 0.5) is 32.6 Å². The minimum atomic E-state index is -10.0. The van der Waals surface area contributed by atoms with E-state index in [1.165, 1.54) is 6.07 Å². The molecule has 0 saturated carbocycles. The molecule has 41 heavy (non-hydrogen) atoms. The number of methoxy groups -OCH3 is 1. The molecule has 0 aliphatic rings. The van der Waals surface area contributed by atoms with Gasteiger partial charge in [-0.3, -0.25) is 20.0 Å². The number of hydrogen-bond donors (Lipinski definition) is 2. The van der Waals surface area contributed by atoms with Crippen molar-refractivity contribution in [3.05, 3.63) is 47.1 Å². The predicted molar refractivity (Wildman–Crippen MR) is 136 cm³/mol. The van der Waals surface area contributed by atoms with Crippen LogP contribution in [0.1, 0.15) is 50.2 Å². The highest BCUT2D eigenvalue weighted by molar-refractivity contribution is 8.45. The summed E-state index contributed by atoms with van der Waals surface area (Å²) in [6, 6.07) is 4.10. The van der Waals surface area contributed by atoms with Crippen molar-refractivity contribution < 1.29 is 51.7 Å². The van der Waals surface area contributed by atoms with Gasteiger partial charge in [0.2, 0.25) is 11.7 Å². The molecular formula is C23H29F8N5O4S. The first-order valence-corrected chi connectivity index (χ1v) is 13.3. The van der Waals surface area contributed by atoms with Gasteiger partial charge in [-0.1, -0.05) is 33.3 Å². The van der Waals surface area contributed by atoms with Gasteiger partial charge < -0.3 is 15.3 Å². The zero-order valence-corrected chi connectivity index (χ0v) is 23.3. The maximum atomic E-state index is 13.1. The standard InChI is InChI=1S/C16H18F5N5O2S.C4H8O.C3H3F3O/c1-3-11-4-5-15(26(25-11)16(22)23)24-9-14(27)10-6-12(28-2)8-13(7-10)29(17,18,19,20)21;1-3-4(2)5;1-2(7)3(4,5)6/h4-8H,3,9H2,1-2H3,(H3,22,23);3H2,1-2H3;1H3. The summed E-state index contributed by atoms with van der Waals surface area (Å²) in [5.41, 5.74) is 5.34. The zero-order chi connectivity index (χ0) is 32.5. The second-order valence-electron chi connectivity index (χ2n) is 8.05. The molecular weight excluding hydrogens is 594 g/mol. The van der Waals surface area contributed by atoms with Crippen LogP contribution < -0.4 is 16.0 Å². The number of benzene rings is 1. The minimum absolute atomic E-state index is 0.00103. The molecule has 232 valence electrons. The monoisotopic (exact) mass is 623 g/mol. The van der Waals surface area contributed by atoms with Crippen LogP contribution in [-0.4, -0.2) is 52.9 Å². The molecule has 0 saturated heterocycles. The van der Waals surface area contributed by atoms with Crippen molar-refractivity contribution in [3.8, 4) is 5.75 Å². The first kappa shape index (κ1) is 37.2. The molecule has 0 fully saturated rings. The average molecular weight is 624 g/mol. The second-order valence-corrected chi connectivity index (χ2v) is 10.5. The maximum Gasteiger partial charge on any atom is 0.449 e. The summed E-state index contributed by atoms with van der Waals surface area (Å²) in [6.45, 7) is 5.04. The summed E-state index contributed by atoms with van der Waals surface area (Å²) in [7, 11) is -9.03. The van der Waals surface area contributed by atoms with Crippen LogP contribution in [0.3, 0.4) is 0 Å². The third kappa shape index (κ3) is 13.4. The van der Waals surface area contributed by atoms with E-state index in [0.717, 1.165) is 17.9 Å². The molecule has 0 unspecified atom stereocenters. The van der Waals surface area contributed by atoms with Crippen molar-refractivity contribution in [1.82, 2.24) is 9.78 Å². The number of rotatable bonds is 7. The van der Waals surface area contributed by atoms with Gasteiger partial charge in [-0.15, -0.1) is 0 Å². The molecule has 1 aromatic carbocycles. The Hall–Kier alpha value is -3.83. The van der Waals surface area contributed by atoms with E-state index in [0.29, 0.717) is 25.5 Å². The number of nitrogens with zero attached hydrogens (tertiary/aromatic N) is 3. The molecule has 0 aliphatic heterocycles. The lowest BCUT2D eigenvalue weighted by molar-refractivity contribution is -0.168. The quantitative estimate of drug-likeness (QED) is 0.174. The summed E-state index contributed by atoms with van der Waals surface area (Å²) < 4.78 is 104. The number of aryl methyl sites for hydroxylation is 1. The van der Waals surface area contributed by atoms with E-state index in [9.17, 15) is 47.0 Å². The summed E-state index contributed by atoms with van der Waals surface area (Å²) in [5, 5.41) is 11.5. The molecule has 1 aromatic heterocycles. The van der Waals surface area contributed by atoms with Gasteiger partial charge in [0.25, 0.3) is 0 Å². The smallest absolute Gasteiger partial charge is 0.449 e. The molecule has 0 radical (unpaired) electrons. The van der Waals surface area contributed by atoms with Gasteiger partial charge >= 0.3 is 16.4 Å². The molecule has 1 heterocycles. The van der Waals surface area contributed by atoms with E-state index in [1.807, 2.05) is 13.8 Å². The van der Waals surface area contributed by atoms with Crippen molar-refractivity contribution in [2.24, 2.45) is 10.7 Å². The highest BCUT2D eigenvalue weighted by Crippen LogP contribution is 3.02. The highest BCUT2D eigenvalue weighted by Gasteiger charge is 2.65. The molecule has 0 atom stereocenters. The third-order valence-corrected chi connectivity index (χ3v) is 5.75. The molecule has 18 heteroatoms. The molecule has 0 spiro atoms. The Kier molecular flexibility index (Phi) is 12.0. The molecule has 2 rings (SSSR count). The van der Waals surface area contributed by atoms with Crippen LogP contribution >= 0.6 is 10.2 Å². The number of nitrogens with one attached hydrogen (secondary N) is 1. The van der Waals surface area contributed by atoms with E-state index >= 15 is 0 Å². The van der Waals surface area contributed by atoms with Crippen LogP contribution in [0.15, 0.2) is 40.2 Å². The number of Topliss-reactive ketones (excluding diaryl/α,β-unsaturated/α-hetero) is 3. The first-order chi connectivity index (χ1) is 18.4. The lowest BCUT2D eigenvalue weighted by atomic mass is 10.1. The summed E-state index contributed by atoms with van der Waals surface area (Å²) in [6.07, 6.45) is -3.44. The van der Waals surface area contributed by atoms with Gasteiger partial charge in [-0.25, -0.2) is 0 Å². The Labute approximate surface area is 229 Å². The number of ether oxygens (including phenoxy) is 1. The Morgan fingerprint density at radius 1 is 1.05 bits per heavy atom. The SMILES string of the molecule is CC(=O)C(F)(F)F.CCC(C)=O.CCc1ccc(=NCC(=O)c2cc(OC)cc(S(F)(F)(F)(F)F)c2)n(C(=N)N)n1. The van der Waals surface area contributed by atoms with Crippen LogP contribution in [0.2, 0.25) is 0 Å². The highest BCUT2D eigenvalue weighted by atomic mass is 32.5. The van der Waals surface area contributed by atoms with E-state index < -0.39 is 56.7 Å². The Morgan fingerprint density at radius 3 is 1.93 bits per heavy atom. The van der Waals surface area contributed by atoms with Crippen molar-refractivity contribution >= 4 is 33.5 Å². The fraction of sp³-hybridized carbons (Fsp3) is 0.391. The van der Waals surface area contributed by atoms with Gasteiger partial charge in [0, 0.05) is 25.0 Å². The van der Waals surface area contributed by atoms with Gasteiger partial charge in [0.1, 0.15) is 23.0 Å². The Bertz CT molecular complexity index is 1360. The fourth-order valence-electron chi connectivity index (χ4n) is 2.26. The van der Waals surface area contributed by atoms with Crippen molar-refractivity contribution in [2.75, 3.05) is 13.7 Å². The molecule has 0 bridgehead atoms. The number of nitrogens with two attached hydrogens (primary N) is 1. The van der Waals surface area contributed by atoms with Crippen molar-refractivity contribution in [1.29, 1.82) is 5.41 Å². The van der Waals surface area contributed by atoms with E-state index in [1.54, 1.807) is 13.0 Å². The van der Waals surface area contributed by atoms with E-state index in [4.69, 9.17) is 11.1 Å². The number of carbonyl (C=O) groups excluding carboxylic acids is 3. The minimum Gasteiger partial charge on any atom is -0.497 e. The van der Waals surface area contributed by atoms with Crippen molar-refractivity contribution in [2.45, 2.75) is 51.6 Å². The van der Waals surface area contributed by atoms with E-state index in [-0.39, 0.29) is 23.4 Å². The number of carbonyl (C=O) groups is 3. The number of alkyl halides is 3. The van der Waals surface area contributed by atoms with Gasteiger partial charge in [0.05, 0.1) is 12.8 Å². The second kappa shape index (κ2) is 13.2. The van der Waals surface area contributed by atoms with Gasteiger partial charge in [-0.2, -0.15) is 23.0 Å². The summed E-state index contributed by atoms with van der Waals surface area (Å²) in [5.74, 6) is -3.51. The van der Waals surface area contributed by atoms with Gasteiger partial charge in [0.15, 0.2) is 11.3 Å². The molecule has 0 aliphatic carbocycles. The largest absolute Gasteiger partial charge is 0.497 e. The fourth-order valence-corrected chi connectivity index (χ4v) is 2.95. The van der Waals surface area contributed by atoms with Crippen molar-refractivity contribution in [3.63, 3.8) is 0 Å². The number of halogens is 8. The topological polar surface area (TPSA) is 140 Å². The summed E-state index contributed by atoms with van der Waals surface area (Å²) >= 11 is 0. The van der Waals surface area contributed by atoms with Crippen LogP contribution in [0.5, 0.6) is 5.75 Å². The zero-order valence-electron chi connectivity index (χ0n) is 22.5.